The van der Waals surface area contributed by atoms with Gasteiger partial charge in [0.05, 0.1) is 12.7 Å². The van der Waals surface area contributed by atoms with Gasteiger partial charge in [0.25, 0.3) is 0 Å². The average molecular weight is 312 g/mol. The van der Waals surface area contributed by atoms with Gasteiger partial charge in [-0.05, 0) is 19.1 Å². The number of rotatable bonds is 5. The van der Waals surface area contributed by atoms with E-state index >= 15 is 0 Å². The number of benzene rings is 1. The Morgan fingerprint density at radius 2 is 1.90 bits per heavy atom. The van der Waals surface area contributed by atoms with Crippen LogP contribution < -0.4 is 5.32 Å². The van der Waals surface area contributed by atoms with Gasteiger partial charge in [-0.2, -0.15) is 5.10 Å². The van der Waals surface area contributed by atoms with Crippen LogP contribution in [0.5, 0.6) is 0 Å². The second-order valence-electron chi connectivity index (χ2n) is 5.15. The molecule has 1 heterocycles. The molecule has 0 saturated heterocycles. The molecule has 0 spiro atoms. The summed E-state index contributed by atoms with van der Waals surface area (Å²) < 4.78 is 1.93. The van der Waals surface area contributed by atoms with Gasteiger partial charge in [0.15, 0.2) is 0 Å². The van der Waals surface area contributed by atoms with Crippen LogP contribution in [0.4, 0.5) is 0 Å². The molecule has 20 heavy (non-hydrogen) atoms. The van der Waals surface area contributed by atoms with E-state index in [-0.39, 0.29) is 0 Å². The molecule has 0 saturated carbocycles. The molecule has 0 amide bonds. The molecule has 0 aliphatic carbocycles. The zero-order valence-electron chi connectivity index (χ0n) is 12.0. The Morgan fingerprint density at radius 3 is 2.50 bits per heavy atom. The summed E-state index contributed by atoms with van der Waals surface area (Å²) in [5.74, 6) is 0. The van der Waals surface area contributed by atoms with Crippen molar-refractivity contribution >= 4 is 23.2 Å². The minimum atomic E-state index is 0.454. The Balaban J connectivity index is 2.18. The smallest absolute Gasteiger partial charge is 0.0691 e. The summed E-state index contributed by atoms with van der Waals surface area (Å²) in [6, 6.07) is 6.00. The standard InChI is InChI=1S/C15H19Cl2N3/c1-10(2)18-7-12-8-19-20(11(12)3)9-13-14(16)5-4-6-15(13)17/h4-6,8,10,18H,7,9H2,1-3H3. The predicted molar refractivity (Wildman–Crippen MR) is 84.5 cm³/mol. The van der Waals surface area contributed by atoms with Crippen molar-refractivity contribution in [2.24, 2.45) is 0 Å². The first-order valence-corrected chi connectivity index (χ1v) is 7.42. The van der Waals surface area contributed by atoms with E-state index < -0.39 is 0 Å². The Bertz CT molecular complexity index is 571. The first-order chi connectivity index (χ1) is 9.49. The van der Waals surface area contributed by atoms with E-state index in [9.17, 15) is 0 Å². The van der Waals surface area contributed by atoms with Gasteiger partial charge in [0, 0.05) is 39.5 Å². The molecule has 0 radical (unpaired) electrons. The molecular formula is C15H19Cl2N3. The van der Waals surface area contributed by atoms with E-state index in [4.69, 9.17) is 23.2 Å². The summed E-state index contributed by atoms with van der Waals surface area (Å²) in [7, 11) is 0. The lowest BCUT2D eigenvalue weighted by molar-refractivity contribution is 0.585. The lowest BCUT2D eigenvalue weighted by atomic mass is 10.2. The topological polar surface area (TPSA) is 29.9 Å². The van der Waals surface area contributed by atoms with E-state index in [1.807, 2.05) is 29.1 Å². The molecule has 1 N–H and O–H groups in total. The third kappa shape index (κ3) is 3.54. The van der Waals surface area contributed by atoms with Gasteiger partial charge in [-0.25, -0.2) is 0 Å². The third-order valence-electron chi connectivity index (χ3n) is 3.28. The Labute approximate surface area is 129 Å². The van der Waals surface area contributed by atoms with E-state index in [1.165, 1.54) is 5.56 Å². The molecule has 0 aliphatic heterocycles. The quantitative estimate of drug-likeness (QED) is 0.903. The van der Waals surface area contributed by atoms with Crippen molar-refractivity contribution in [1.29, 1.82) is 0 Å². The van der Waals surface area contributed by atoms with Crippen molar-refractivity contribution in [3.8, 4) is 0 Å². The highest BCUT2D eigenvalue weighted by molar-refractivity contribution is 6.35. The van der Waals surface area contributed by atoms with Crippen LogP contribution in [0.1, 0.15) is 30.7 Å². The highest BCUT2D eigenvalue weighted by atomic mass is 35.5. The first-order valence-electron chi connectivity index (χ1n) is 6.66. The number of hydrogen-bond acceptors (Lipinski definition) is 2. The van der Waals surface area contributed by atoms with Gasteiger partial charge in [-0.3, -0.25) is 4.68 Å². The molecule has 0 fully saturated rings. The van der Waals surface area contributed by atoms with Crippen LogP contribution in [0.3, 0.4) is 0 Å². The number of hydrogen-bond donors (Lipinski definition) is 1. The summed E-state index contributed by atoms with van der Waals surface area (Å²) in [6.07, 6.45) is 1.90. The summed E-state index contributed by atoms with van der Waals surface area (Å²) in [5.41, 5.74) is 3.24. The van der Waals surface area contributed by atoms with Crippen molar-refractivity contribution in [2.75, 3.05) is 0 Å². The number of nitrogens with one attached hydrogen (secondary N) is 1. The molecule has 0 aliphatic rings. The third-order valence-corrected chi connectivity index (χ3v) is 3.98. The fourth-order valence-corrected chi connectivity index (χ4v) is 2.48. The van der Waals surface area contributed by atoms with Crippen molar-refractivity contribution < 1.29 is 0 Å². The normalized spacial score (nSPS) is 11.3. The second-order valence-corrected chi connectivity index (χ2v) is 5.96. The Kier molecular flexibility index (Phi) is 5.08. The molecule has 3 nitrogen and oxygen atoms in total. The minimum absolute atomic E-state index is 0.454. The Hall–Kier alpha value is -1.03. The van der Waals surface area contributed by atoms with Crippen molar-refractivity contribution in [3.05, 3.63) is 51.3 Å². The van der Waals surface area contributed by atoms with E-state index in [1.54, 1.807) is 0 Å². The average Bonchev–Trinajstić information content (AvgIpc) is 2.73. The minimum Gasteiger partial charge on any atom is -0.310 e. The SMILES string of the molecule is Cc1c(CNC(C)C)cnn1Cc1c(Cl)cccc1Cl. The van der Waals surface area contributed by atoms with Gasteiger partial charge in [0.2, 0.25) is 0 Å². The molecule has 5 heteroatoms. The Morgan fingerprint density at radius 1 is 1.25 bits per heavy atom. The highest BCUT2D eigenvalue weighted by Gasteiger charge is 2.11. The lowest BCUT2D eigenvalue weighted by Gasteiger charge is -2.10. The van der Waals surface area contributed by atoms with E-state index in [0.717, 1.165) is 17.8 Å². The van der Waals surface area contributed by atoms with Crippen molar-refractivity contribution in [1.82, 2.24) is 15.1 Å². The van der Waals surface area contributed by atoms with Crippen LogP contribution in [0.15, 0.2) is 24.4 Å². The van der Waals surface area contributed by atoms with Gasteiger partial charge in [-0.15, -0.1) is 0 Å². The molecule has 1 aromatic carbocycles. The van der Waals surface area contributed by atoms with Crippen LogP contribution >= 0.6 is 23.2 Å². The molecule has 0 bridgehead atoms. The van der Waals surface area contributed by atoms with Crippen LogP contribution in [0.25, 0.3) is 0 Å². The number of aromatic nitrogens is 2. The monoisotopic (exact) mass is 311 g/mol. The highest BCUT2D eigenvalue weighted by Crippen LogP contribution is 2.25. The summed E-state index contributed by atoms with van der Waals surface area (Å²) in [4.78, 5) is 0. The molecule has 2 rings (SSSR count). The molecule has 0 atom stereocenters. The summed E-state index contributed by atoms with van der Waals surface area (Å²) in [6.45, 7) is 7.73. The number of halogens is 2. The molecule has 108 valence electrons. The zero-order valence-corrected chi connectivity index (χ0v) is 13.5. The van der Waals surface area contributed by atoms with Gasteiger partial charge >= 0.3 is 0 Å². The maximum absolute atomic E-state index is 6.20. The van der Waals surface area contributed by atoms with Crippen LogP contribution in [0.2, 0.25) is 10.0 Å². The zero-order chi connectivity index (χ0) is 14.7. The molecular weight excluding hydrogens is 293 g/mol. The maximum Gasteiger partial charge on any atom is 0.0691 e. The van der Waals surface area contributed by atoms with Crippen molar-refractivity contribution in [2.45, 2.75) is 39.9 Å². The molecule has 0 unspecified atom stereocenters. The first kappa shape index (κ1) is 15.4. The maximum atomic E-state index is 6.20. The van der Waals surface area contributed by atoms with Crippen molar-refractivity contribution in [3.63, 3.8) is 0 Å². The molecule has 2 aromatic rings. The fourth-order valence-electron chi connectivity index (χ4n) is 1.97. The fraction of sp³-hybridized carbons (Fsp3) is 0.400. The van der Waals surface area contributed by atoms with Gasteiger partial charge in [0.1, 0.15) is 0 Å². The van der Waals surface area contributed by atoms with Gasteiger partial charge in [-0.1, -0.05) is 43.1 Å². The summed E-state index contributed by atoms with van der Waals surface area (Å²) >= 11 is 12.4. The van der Waals surface area contributed by atoms with E-state index in [2.05, 4.69) is 31.2 Å². The van der Waals surface area contributed by atoms with Crippen LogP contribution in [0, 0.1) is 6.92 Å². The van der Waals surface area contributed by atoms with Crippen LogP contribution in [-0.4, -0.2) is 15.8 Å². The van der Waals surface area contributed by atoms with Crippen LogP contribution in [-0.2, 0) is 13.1 Å². The lowest BCUT2D eigenvalue weighted by Crippen LogP contribution is -2.22. The summed E-state index contributed by atoms with van der Waals surface area (Å²) in [5, 5.41) is 9.18. The second kappa shape index (κ2) is 6.61. The van der Waals surface area contributed by atoms with Gasteiger partial charge < -0.3 is 5.32 Å². The number of nitrogens with zero attached hydrogens (tertiary/aromatic N) is 2. The predicted octanol–water partition coefficient (Wildman–Crippen LogP) is 4.04. The van der Waals surface area contributed by atoms with E-state index in [0.29, 0.717) is 22.6 Å². The largest absolute Gasteiger partial charge is 0.310 e. The molecule has 1 aromatic heterocycles.